The zero-order valence-corrected chi connectivity index (χ0v) is 9.85. The van der Waals surface area contributed by atoms with Gasteiger partial charge in [-0.05, 0) is 31.4 Å². The maximum atomic E-state index is 5.16. The van der Waals surface area contributed by atoms with E-state index in [1.165, 1.54) is 24.1 Å². The Morgan fingerprint density at radius 1 is 1.53 bits per heavy atom. The van der Waals surface area contributed by atoms with Crippen molar-refractivity contribution in [2.24, 2.45) is 0 Å². The number of hydrogen-bond acceptors (Lipinski definition) is 3. The van der Waals surface area contributed by atoms with Gasteiger partial charge in [-0.25, -0.2) is 0 Å². The van der Waals surface area contributed by atoms with E-state index in [1.54, 1.807) is 18.4 Å². The lowest BCUT2D eigenvalue weighted by molar-refractivity contribution is 0.427. The molecule has 0 bridgehead atoms. The molecule has 0 aromatic carbocycles. The topological polar surface area (TPSA) is 21.3 Å². The van der Waals surface area contributed by atoms with E-state index in [4.69, 9.17) is 4.74 Å². The van der Waals surface area contributed by atoms with Crippen LogP contribution >= 0.6 is 11.3 Å². The predicted molar refractivity (Wildman–Crippen MR) is 64.5 cm³/mol. The van der Waals surface area contributed by atoms with Crippen LogP contribution in [0.15, 0.2) is 24.3 Å². The number of thiophene rings is 1. The minimum Gasteiger partial charge on any atom is -0.487 e. The van der Waals surface area contributed by atoms with Crippen molar-refractivity contribution in [1.29, 1.82) is 0 Å². The van der Waals surface area contributed by atoms with Crippen LogP contribution in [0.3, 0.4) is 0 Å². The molecule has 1 unspecified atom stereocenters. The lowest BCUT2D eigenvalue weighted by Gasteiger charge is -2.17. The molecule has 82 valence electrons. The van der Waals surface area contributed by atoms with E-state index in [2.05, 4.69) is 23.5 Å². The molecule has 1 N–H and O–H groups in total. The second-order valence-corrected chi connectivity index (χ2v) is 4.90. The molecule has 0 saturated carbocycles. The third-order valence-electron chi connectivity index (χ3n) is 2.63. The number of ether oxygens (including phenoxy) is 1. The van der Waals surface area contributed by atoms with Gasteiger partial charge in [-0.15, -0.1) is 11.3 Å². The second-order valence-electron chi connectivity index (χ2n) is 3.77. The van der Waals surface area contributed by atoms with Gasteiger partial charge in [0.1, 0.15) is 0 Å². The largest absolute Gasteiger partial charge is 0.487 e. The fourth-order valence-corrected chi connectivity index (χ4v) is 2.55. The quantitative estimate of drug-likeness (QED) is 0.792. The maximum Gasteiger partial charge on any atom is 0.173 e. The van der Waals surface area contributed by atoms with E-state index in [1.807, 2.05) is 6.07 Å². The molecule has 1 aliphatic rings. The van der Waals surface area contributed by atoms with Gasteiger partial charge in [-0.2, -0.15) is 0 Å². The van der Waals surface area contributed by atoms with Gasteiger partial charge in [0.15, 0.2) is 5.06 Å². The number of allylic oxidation sites excluding steroid dienone is 1. The molecule has 3 heteroatoms. The van der Waals surface area contributed by atoms with Crippen molar-refractivity contribution in [1.82, 2.24) is 5.32 Å². The molecule has 2 rings (SSSR count). The van der Waals surface area contributed by atoms with E-state index >= 15 is 0 Å². The summed E-state index contributed by atoms with van der Waals surface area (Å²) in [5.74, 6) is 0. The van der Waals surface area contributed by atoms with Crippen LogP contribution in [0.25, 0.3) is 0 Å². The smallest absolute Gasteiger partial charge is 0.173 e. The van der Waals surface area contributed by atoms with Gasteiger partial charge in [-0.1, -0.05) is 12.2 Å². The van der Waals surface area contributed by atoms with Gasteiger partial charge in [0.25, 0.3) is 0 Å². The van der Waals surface area contributed by atoms with Gasteiger partial charge in [0, 0.05) is 17.5 Å². The van der Waals surface area contributed by atoms with Crippen molar-refractivity contribution in [3.8, 4) is 5.06 Å². The molecule has 0 amide bonds. The number of rotatable bonds is 4. The van der Waals surface area contributed by atoms with E-state index in [-0.39, 0.29) is 0 Å². The van der Waals surface area contributed by atoms with Crippen LogP contribution in [-0.2, 0) is 6.54 Å². The Kier molecular flexibility index (Phi) is 3.80. The summed E-state index contributed by atoms with van der Waals surface area (Å²) in [5.41, 5.74) is 0. The van der Waals surface area contributed by atoms with E-state index in [0.29, 0.717) is 6.04 Å². The summed E-state index contributed by atoms with van der Waals surface area (Å²) in [6, 6.07) is 4.72. The Labute approximate surface area is 95.0 Å². The molecule has 0 fully saturated rings. The summed E-state index contributed by atoms with van der Waals surface area (Å²) in [4.78, 5) is 1.34. The molecule has 1 aromatic heterocycles. The fraction of sp³-hybridized carbons (Fsp3) is 0.500. The molecular formula is C12H17NOS. The molecule has 1 aromatic rings. The SMILES string of the molecule is COc1ccc(CNC2C=CCCC2)s1. The first-order valence-corrected chi connectivity index (χ1v) is 6.23. The van der Waals surface area contributed by atoms with Crippen LogP contribution in [0.1, 0.15) is 24.1 Å². The summed E-state index contributed by atoms with van der Waals surface area (Å²) in [5, 5.41) is 4.54. The van der Waals surface area contributed by atoms with Crippen molar-refractivity contribution in [2.75, 3.05) is 7.11 Å². The standard InChI is InChI=1S/C12H17NOS/c1-14-12-8-7-11(15-12)9-13-10-5-3-2-4-6-10/h3,5,7-8,10,13H,2,4,6,9H2,1H3. The van der Waals surface area contributed by atoms with Crippen molar-refractivity contribution in [3.05, 3.63) is 29.2 Å². The Bertz CT molecular complexity index is 332. The van der Waals surface area contributed by atoms with Crippen LogP contribution in [0.2, 0.25) is 0 Å². The van der Waals surface area contributed by atoms with Crippen molar-refractivity contribution in [3.63, 3.8) is 0 Å². The molecule has 2 nitrogen and oxygen atoms in total. The Morgan fingerprint density at radius 3 is 3.13 bits per heavy atom. The minimum absolute atomic E-state index is 0.562. The van der Waals surface area contributed by atoms with Gasteiger partial charge in [0.05, 0.1) is 7.11 Å². The molecule has 1 aliphatic carbocycles. The van der Waals surface area contributed by atoms with Gasteiger partial charge < -0.3 is 10.1 Å². The summed E-state index contributed by atoms with van der Waals surface area (Å²) >= 11 is 1.71. The predicted octanol–water partition coefficient (Wildman–Crippen LogP) is 2.96. The molecule has 1 atom stereocenters. The summed E-state index contributed by atoms with van der Waals surface area (Å²) < 4.78 is 5.16. The molecule has 15 heavy (non-hydrogen) atoms. The van der Waals surface area contributed by atoms with E-state index in [0.717, 1.165) is 11.6 Å². The summed E-state index contributed by atoms with van der Waals surface area (Å²) in [6.45, 7) is 0.947. The molecule has 0 saturated heterocycles. The molecular weight excluding hydrogens is 206 g/mol. The number of hydrogen-bond donors (Lipinski definition) is 1. The highest BCUT2D eigenvalue weighted by atomic mass is 32.1. The molecule has 1 heterocycles. The monoisotopic (exact) mass is 223 g/mol. The Hall–Kier alpha value is -0.800. The third-order valence-corrected chi connectivity index (χ3v) is 3.68. The first-order chi connectivity index (χ1) is 7.38. The van der Waals surface area contributed by atoms with Gasteiger partial charge in [-0.3, -0.25) is 0 Å². The van der Waals surface area contributed by atoms with E-state index in [9.17, 15) is 0 Å². The Morgan fingerprint density at radius 2 is 2.47 bits per heavy atom. The van der Waals surface area contributed by atoms with Crippen LogP contribution < -0.4 is 10.1 Å². The molecule has 0 radical (unpaired) electrons. The number of nitrogens with one attached hydrogen (secondary N) is 1. The highest BCUT2D eigenvalue weighted by Crippen LogP contribution is 2.23. The van der Waals surface area contributed by atoms with Crippen molar-refractivity contribution < 1.29 is 4.74 Å². The lowest BCUT2D eigenvalue weighted by atomic mass is 10.0. The van der Waals surface area contributed by atoms with Crippen LogP contribution in [0.5, 0.6) is 5.06 Å². The lowest BCUT2D eigenvalue weighted by Crippen LogP contribution is -2.27. The van der Waals surface area contributed by atoms with Gasteiger partial charge >= 0.3 is 0 Å². The first kappa shape index (κ1) is 10.7. The van der Waals surface area contributed by atoms with Crippen LogP contribution in [-0.4, -0.2) is 13.2 Å². The zero-order valence-electron chi connectivity index (χ0n) is 9.03. The highest BCUT2D eigenvalue weighted by Gasteiger charge is 2.08. The minimum atomic E-state index is 0.562. The molecule has 0 aliphatic heterocycles. The van der Waals surface area contributed by atoms with Gasteiger partial charge in [0.2, 0.25) is 0 Å². The van der Waals surface area contributed by atoms with Crippen molar-refractivity contribution >= 4 is 11.3 Å². The normalized spacial score (nSPS) is 20.5. The third kappa shape index (κ3) is 3.08. The second kappa shape index (κ2) is 5.33. The maximum absolute atomic E-state index is 5.16. The zero-order chi connectivity index (χ0) is 10.5. The Balaban J connectivity index is 1.81. The van der Waals surface area contributed by atoms with Crippen molar-refractivity contribution in [2.45, 2.75) is 31.8 Å². The average molecular weight is 223 g/mol. The van der Waals surface area contributed by atoms with Crippen LogP contribution in [0, 0.1) is 0 Å². The first-order valence-electron chi connectivity index (χ1n) is 5.41. The fourth-order valence-electron chi connectivity index (χ4n) is 1.78. The summed E-state index contributed by atoms with van der Waals surface area (Å²) in [6.07, 6.45) is 8.37. The summed E-state index contributed by atoms with van der Waals surface area (Å²) in [7, 11) is 1.72. The van der Waals surface area contributed by atoms with E-state index < -0.39 is 0 Å². The average Bonchev–Trinajstić information content (AvgIpc) is 2.76. The highest BCUT2D eigenvalue weighted by molar-refractivity contribution is 7.13. The van der Waals surface area contributed by atoms with Crippen LogP contribution in [0.4, 0.5) is 0 Å². The molecule has 0 spiro atoms. The number of methoxy groups -OCH3 is 1.